The lowest BCUT2D eigenvalue weighted by molar-refractivity contribution is 0.669. The van der Waals surface area contributed by atoms with Gasteiger partial charge in [-0.2, -0.15) is 0 Å². The Hall–Kier alpha value is -7.64. The maximum absolute atomic E-state index is 6.45. The fraction of sp³-hybridized carbons (Fsp3) is 0. The molecule has 10 rings (SSSR count). The average Bonchev–Trinajstić information content (AvgIpc) is 3.66. The van der Waals surface area contributed by atoms with Crippen molar-refractivity contribution in [2.75, 3.05) is 0 Å². The van der Waals surface area contributed by atoms with Crippen LogP contribution in [-0.2, 0) is 0 Å². The fourth-order valence-electron chi connectivity index (χ4n) is 6.91. The number of rotatable bonds is 7. The Morgan fingerprint density at radius 1 is 0.273 bits per heavy atom. The van der Waals surface area contributed by atoms with Crippen LogP contribution in [0.4, 0.5) is 0 Å². The summed E-state index contributed by atoms with van der Waals surface area (Å²) in [6, 6.07) is 60.7. The molecule has 0 N–H and O–H groups in total. The molecular formula is C48H30N6O. The summed E-state index contributed by atoms with van der Waals surface area (Å²) < 4.78 is 6.45. The lowest BCUT2D eigenvalue weighted by Crippen LogP contribution is -2.00. The molecule has 0 aliphatic rings. The summed E-state index contributed by atoms with van der Waals surface area (Å²) in [7, 11) is 0. The van der Waals surface area contributed by atoms with E-state index >= 15 is 0 Å². The molecule has 10 aromatic rings. The minimum atomic E-state index is 0.585. The van der Waals surface area contributed by atoms with Gasteiger partial charge in [-0.3, -0.25) is 0 Å². The summed E-state index contributed by atoms with van der Waals surface area (Å²) >= 11 is 0. The van der Waals surface area contributed by atoms with E-state index in [9.17, 15) is 0 Å². The van der Waals surface area contributed by atoms with E-state index in [0.29, 0.717) is 34.9 Å². The zero-order valence-corrected chi connectivity index (χ0v) is 29.4. The van der Waals surface area contributed by atoms with Crippen molar-refractivity contribution in [1.29, 1.82) is 0 Å². The van der Waals surface area contributed by atoms with Crippen molar-refractivity contribution in [2.24, 2.45) is 0 Å². The van der Waals surface area contributed by atoms with Gasteiger partial charge in [-0.1, -0.05) is 152 Å². The van der Waals surface area contributed by atoms with E-state index < -0.39 is 0 Å². The highest BCUT2D eigenvalue weighted by molar-refractivity contribution is 6.13. The first kappa shape index (κ1) is 32.0. The molecule has 3 aromatic heterocycles. The zero-order chi connectivity index (χ0) is 36.6. The second-order valence-corrected chi connectivity index (χ2v) is 13.1. The van der Waals surface area contributed by atoms with Gasteiger partial charge in [-0.15, -0.1) is 0 Å². The van der Waals surface area contributed by atoms with E-state index in [2.05, 4.69) is 24.3 Å². The fourth-order valence-corrected chi connectivity index (χ4v) is 6.91. The van der Waals surface area contributed by atoms with Crippen molar-refractivity contribution in [2.45, 2.75) is 0 Å². The second kappa shape index (κ2) is 13.7. The van der Waals surface area contributed by atoms with E-state index in [4.69, 9.17) is 34.3 Å². The van der Waals surface area contributed by atoms with E-state index in [-0.39, 0.29) is 0 Å². The maximum atomic E-state index is 6.45. The molecule has 0 atom stereocenters. The molecule has 258 valence electrons. The molecule has 0 bridgehead atoms. The molecular weight excluding hydrogens is 677 g/mol. The van der Waals surface area contributed by atoms with Gasteiger partial charge in [0, 0.05) is 44.2 Å². The van der Waals surface area contributed by atoms with Gasteiger partial charge in [0.05, 0.1) is 0 Å². The van der Waals surface area contributed by atoms with Gasteiger partial charge in [0.1, 0.15) is 11.2 Å². The van der Waals surface area contributed by atoms with Crippen LogP contribution in [0, 0.1) is 0 Å². The SMILES string of the molecule is c1ccc(-c2nc(-c3ccccc3)nc(-c3cccc(-c4cccc5oc6ccc(-c7nc(-c8ccccc8)nc(-c8ccccc8)n7)cc6c45)c3)n2)cc1. The molecule has 55 heavy (non-hydrogen) atoms. The standard InChI is InChI=1S/C48H30N6O/c1-5-15-31(16-6-1)43-49-44(32-17-7-2-8-18-32)52-47(51-43)36-24-13-23-35(29-36)38-25-14-26-41-42(38)39-30-37(27-28-40(39)55-41)48-53-45(33-19-9-3-10-20-33)50-46(54-48)34-21-11-4-12-22-34/h1-30H. The average molecular weight is 707 g/mol. The Labute approximate surface area is 316 Å². The van der Waals surface area contributed by atoms with E-state index in [1.54, 1.807) is 0 Å². The molecule has 0 aliphatic heterocycles. The predicted molar refractivity (Wildman–Crippen MR) is 219 cm³/mol. The van der Waals surface area contributed by atoms with Gasteiger partial charge >= 0.3 is 0 Å². The monoisotopic (exact) mass is 706 g/mol. The topological polar surface area (TPSA) is 90.5 Å². The minimum absolute atomic E-state index is 0.585. The van der Waals surface area contributed by atoms with Crippen LogP contribution in [0.25, 0.3) is 101 Å². The molecule has 0 fully saturated rings. The first-order valence-electron chi connectivity index (χ1n) is 18.0. The Balaban J connectivity index is 1.11. The normalized spacial score (nSPS) is 11.3. The Kier molecular flexibility index (Phi) is 8.00. The summed E-state index contributed by atoms with van der Waals surface area (Å²) in [6.07, 6.45) is 0. The third-order valence-electron chi connectivity index (χ3n) is 9.58. The number of benzene rings is 7. The highest BCUT2D eigenvalue weighted by atomic mass is 16.3. The predicted octanol–water partition coefficient (Wildman–Crippen LogP) is 11.6. The van der Waals surface area contributed by atoms with Crippen molar-refractivity contribution in [1.82, 2.24) is 29.9 Å². The summed E-state index contributed by atoms with van der Waals surface area (Å²) in [5.41, 5.74) is 9.05. The number of hydrogen-bond acceptors (Lipinski definition) is 7. The molecule has 0 radical (unpaired) electrons. The van der Waals surface area contributed by atoms with Crippen molar-refractivity contribution in [3.63, 3.8) is 0 Å². The summed E-state index contributed by atoms with van der Waals surface area (Å²) in [5.74, 6) is 3.65. The lowest BCUT2D eigenvalue weighted by atomic mass is 9.97. The van der Waals surface area contributed by atoms with Crippen LogP contribution in [0.15, 0.2) is 186 Å². The highest BCUT2D eigenvalue weighted by Gasteiger charge is 2.18. The van der Waals surface area contributed by atoms with Crippen LogP contribution in [0.2, 0.25) is 0 Å². The number of nitrogens with zero attached hydrogens (tertiary/aromatic N) is 6. The molecule has 0 saturated heterocycles. The van der Waals surface area contributed by atoms with Crippen LogP contribution in [-0.4, -0.2) is 29.9 Å². The summed E-state index contributed by atoms with van der Waals surface area (Å²) in [4.78, 5) is 29.7. The molecule has 0 spiro atoms. The Morgan fingerprint density at radius 2 is 0.655 bits per heavy atom. The molecule has 0 amide bonds. The van der Waals surface area contributed by atoms with Gasteiger partial charge in [0.15, 0.2) is 34.9 Å². The smallest absolute Gasteiger partial charge is 0.164 e. The molecule has 0 unspecified atom stereocenters. The first-order chi connectivity index (χ1) is 27.2. The Morgan fingerprint density at radius 3 is 1.13 bits per heavy atom. The largest absolute Gasteiger partial charge is 0.456 e. The van der Waals surface area contributed by atoms with Crippen LogP contribution in [0.3, 0.4) is 0 Å². The van der Waals surface area contributed by atoms with Gasteiger partial charge < -0.3 is 4.42 Å². The van der Waals surface area contributed by atoms with Gasteiger partial charge in [-0.05, 0) is 41.5 Å². The van der Waals surface area contributed by atoms with Crippen LogP contribution in [0.5, 0.6) is 0 Å². The maximum Gasteiger partial charge on any atom is 0.164 e. The lowest BCUT2D eigenvalue weighted by Gasteiger charge is -2.10. The first-order valence-corrected chi connectivity index (χ1v) is 18.0. The minimum Gasteiger partial charge on any atom is -0.456 e. The van der Waals surface area contributed by atoms with Crippen molar-refractivity contribution in [3.8, 4) is 79.5 Å². The third kappa shape index (κ3) is 6.19. The van der Waals surface area contributed by atoms with Crippen LogP contribution >= 0.6 is 0 Å². The number of furan rings is 1. The molecule has 3 heterocycles. The second-order valence-electron chi connectivity index (χ2n) is 13.1. The van der Waals surface area contributed by atoms with E-state index in [1.165, 1.54) is 0 Å². The number of hydrogen-bond donors (Lipinski definition) is 0. The summed E-state index contributed by atoms with van der Waals surface area (Å²) in [6.45, 7) is 0. The van der Waals surface area contributed by atoms with Gasteiger partial charge in [0.25, 0.3) is 0 Å². The quantitative estimate of drug-likeness (QED) is 0.163. The molecule has 0 saturated carbocycles. The molecule has 7 nitrogen and oxygen atoms in total. The zero-order valence-electron chi connectivity index (χ0n) is 29.4. The molecule has 7 aromatic carbocycles. The van der Waals surface area contributed by atoms with Crippen molar-refractivity contribution in [3.05, 3.63) is 182 Å². The molecule has 7 heteroatoms. The number of fused-ring (bicyclic) bond motifs is 3. The van der Waals surface area contributed by atoms with Gasteiger partial charge in [-0.25, -0.2) is 29.9 Å². The van der Waals surface area contributed by atoms with Crippen LogP contribution < -0.4 is 0 Å². The molecule has 0 aliphatic carbocycles. The Bertz CT molecular complexity index is 2850. The van der Waals surface area contributed by atoms with Gasteiger partial charge in [0.2, 0.25) is 0 Å². The van der Waals surface area contributed by atoms with E-state index in [1.807, 2.05) is 158 Å². The highest BCUT2D eigenvalue weighted by Crippen LogP contribution is 2.39. The number of aromatic nitrogens is 6. The van der Waals surface area contributed by atoms with E-state index in [0.717, 1.165) is 66.4 Å². The van der Waals surface area contributed by atoms with Crippen LogP contribution in [0.1, 0.15) is 0 Å². The van der Waals surface area contributed by atoms with Crippen molar-refractivity contribution < 1.29 is 4.42 Å². The van der Waals surface area contributed by atoms with Crippen molar-refractivity contribution >= 4 is 21.9 Å². The summed E-state index contributed by atoms with van der Waals surface area (Å²) in [5, 5.41) is 1.97. The third-order valence-corrected chi connectivity index (χ3v) is 9.58.